The number of nitrogens with zero attached hydrogens (tertiary/aromatic N) is 1. The Hall–Kier alpha value is -4.76. The number of para-hydroxylation sites is 1. The van der Waals surface area contributed by atoms with E-state index in [4.69, 9.17) is 4.74 Å². The molecular formula is C33H32N2O6S. The van der Waals surface area contributed by atoms with Gasteiger partial charge < -0.3 is 9.64 Å². The van der Waals surface area contributed by atoms with Gasteiger partial charge >= 0.3 is 5.97 Å². The summed E-state index contributed by atoms with van der Waals surface area (Å²) in [5.41, 5.74) is 1.73. The van der Waals surface area contributed by atoms with E-state index in [2.05, 4.69) is 4.72 Å². The number of nitrogens with one attached hydrogen (secondary N) is 1. The number of ether oxygens (including phenoxy) is 1. The Bertz CT molecular complexity index is 1700. The number of carbonyl (C=O) groups is 3. The molecule has 2 amide bonds. The number of rotatable bonds is 11. The second-order valence-corrected chi connectivity index (χ2v) is 11.1. The van der Waals surface area contributed by atoms with Crippen molar-refractivity contribution < 1.29 is 27.5 Å². The van der Waals surface area contributed by atoms with Crippen LogP contribution in [-0.4, -0.2) is 39.4 Å². The molecule has 0 heterocycles. The van der Waals surface area contributed by atoms with E-state index in [0.29, 0.717) is 16.6 Å². The monoisotopic (exact) mass is 584 g/mol. The van der Waals surface area contributed by atoms with Crippen LogP contribution < -0.4 is 9.62 Å². The van der Waals surface area contributed by atoms with Gasteiger partial charge in [-0.1, -0.05) is 72.8 Å². The lowest BCUT2D eigenvalue weighted by molar-refractivity contribution is -0.132. The summed E-state index contributed by atoms with van der Waals surface area (Å²) < 4.78 is 33.6. The van der Waals surface area contributed by atoms with Crippen molar-refractivity contribution in [2.75, 3.05) is 18.1 Å². The highest BCUT2D eigenvalue weighted by atomic mass is 32.2. The van der Waals surface area contributed by atoms with Gasteiger partial charge in [0.2, 0.25) is 11.8 Å². The molecule has 9 heteroatoms. The molecule has 0 fully saturated rings. The highest BCUT2D eigenvalue weighted by Gasteiger charge is 2.33. The van der Waals surface area contributed by atoms with Crippen LogP contribution in [0.3, 0.4) is 0 Å². The summed E-state index contributed by atoms with van der Waals surface area (Å²) in [6, 6.07) is 27.4. The SMILES string of the molecule is CCOC(=O)c1ccc(C=CCC(C(=O)NS(=O)(=O)c2ccc3ccccc3c2)C(=O)N(CC)c2ccccc2)cc1. The predicted octanol–water partition coefficient (Wildman–Crippen LogP) is 5.59. The van der Waals surface area contributed by atoms with E-state index in [1.807, 2.05) is 18.2 Å². The number of amides is 2. The van der Waals surface area contributed by atoms with Crippen molar-refractivity contribution in [2.24, 2.45) is 5.92 Å². The lowest BCUT2D eigenvalue weighted by atomic mass is 10.0. The molecule has 4 aromatic rings. The summed E-state index contributed by atoms with van der Waals surface area (Å²) in [6.45, 7) is 4.06. The second-order valence-electron chi connectivity index (χ2n) is 9.43. The molecule has 1 atom stereocenters. The summed E-state index contributed by atoms with van der Waals surface area (Å²) in [4.78, 5) is 40.5. The Morgan fingerprint density at radius 2 is 1.52 bits per heavy atom. The van der Waals surface area contributed by atoms with Crippen molar-refractivity contribution >= 4 is 50.3 Å². The molecule has 0 aliphatic heterocycles. The Labute approximate surface area is 245 Å². The maximum Gasteiger partial charge on any atom is 0.338 e. The quantitative estimate of drug-likeness (QED) is 0.182. The summed E-state index contributed by atoms with van der Waals surface area (Å²) in [6.07, 6.45) is 3.29. The van der Waals surface area contributed by atoms with Crippen LogP contribution in [-0.2, 0) is 24.3 Å². The maximum atomic E-state index is 13.7. The zero-order valence-corrected chi connectivity index (χ0v) is 24.2. The number of carbonyl (C=O) groups excluding carboxylic acids is 3. The number of anilines is 1. The predicted molar refractivity (Wildman–Crippen MR) is 163 cm³/mol. The van der Waals surface area contributed by atoms with Crippen LogP contribution in [0.1, 0.15) is 36.2 Å². The number of hydrogen-bond acceptors (Lipinski definition) is 6. The highest BCUT2D eigenvalue weighted by molar-refractivity contribution is 7.90. The van der Waals surface area contributed by atoms with Crippen molar-refractivity contribution in [3.8, 4) is 0 Å². The van der Waals surface area contributed by atoms with E-state index in [9.17, 15) is 22.8 Å². The number of fused-ring (bicyclic) bond motifs is 1. The first-order chi connectivity index (χ1) is 20.2. The van der Waals surface area contributed by atoms with E-state index in [1.54, 1.807) is 92.7 Å². The third-order valence-corrected chi connectivity index (χ3v) is 7.98. The maximum absolute atomic E-state index is 13.7. The first-order valence-electron chi connectivity index (χ1n) is 13.6. The van der Waals surface area contributed by atoms with Crippen LogP contribution >= 0.6 is 0 Å². The highest BCUT2D eigenvalue weighted by Crippen LogP contribution is 2.22. The summed E-state index contributed by atoms with van der Waals surface area (Å²) in [5.74, 6) is -3.21. The molecule has 1 N–H and O–H groups in total. The van der Waals surface area contributed by atoms with Crippen molar-refractivity contribution in [1.82, 2.24) is 4.72 Å². The molecule has 0 saturated carbocycles. The number of hydrogen-bond donors (Lipinski definition) is 1. The molecule has 0 aliphatic carbocycles. The molecule has 4 rings (SSSR count). The third-order valence-electron chi connectivity index (χ3n) is 6.63. The minimum Gasteiger partial charge on any atom is -0.462 e. The molecule has 8 nitrogen and oxygen atoms in total. The fourth-order valence-corrected chi connectivity index (χ4v) is 5.52. The molecule has 0 bridgehead atoms. The minimum absolute atomic E-state index is 0.0547. The lowest BCUT2D eigenvalue weighted by Gasteiger charge is -2.25. The topological polar surface area (TPSA) is 110 Å². The summed E-state index contributed by atoms with van der Waals surface area (Å²) >= 11 is 0. The van der Waals surface area contributed by atoms with E-state index >= 15 is 0 Å². The lowest BCUT2D eigenvalue weighted by Crippen LogP contribution is -2.45. The summed E-state index contributed by atoms with van der Waals surface area (Å²) in [7, 11) is -4.26. The first-order valence-corrected chi connectivity index (χ1v) is 15.1. The minimum atomic E-state index is -4.26. The van der Waals surface area contributed by atoms with E-state index in [-0.39, 0.29) is 24.5 Å². The van der Waals surface area contributed by atoms with Gasteiger partial charge in [0.05, 0.1) is 17.1 Å². The van der Waals surface area contributed by atoms with E-state index in [1.165, 1.54) is 17.0 Å². The fourth-order valence-electron chi connectivity index (χ4n) is 4.46. The Kier molecular flexibility index (Phi) is 9.88. The van der Waals surface area contributed by atoms with Gasteiger partial charge in [0.25, 0.3) is 10.0 Å². The largest absolute Gasteiger partial charge is 0.462 e. The Morgan fingerprint density at radius 3 is 2.19 bits per heavy atom. The average Bonchev–Trinajstić information content (AvgIpc) is 3.00. The van der Waals surface area contributed by atoms with Crippen LogP contribution in [0, 0.1) is 5.92 Å². The van der Waals surface area contributed by atoms with Gasteiger partial charge in [0, 0.05) is 12.2 Å². The molecule has 4 aromatic carbocycles. The zero-order chi connectivity index (χ0) is 30.1. The van der Waals surface area contributed by atoms with Crippen LogP contribution in [0.25, 0.3) is 16.8 Å². The molecule has 0 spiro atoms. The second kappa shape index (κ2) is 13.7. The normalized spacial score (nSPS) is 12.1. The molecule has 0 saturated heterocycles. The van der Waals surface area contributed by atoms with Gasteiger partial charge in [0.1, 0.15) is 5.92 Å². The summed E-state index contributed by atoms with van der Waals surface area (Å²) in [5, 5.41) is 1.57. The number of sulfonamides is 1. The fraction of sp³-hybridized carbons (Fsp3) is 0.182. The van der Waals surface area contributed by atoms with Gasteiger partial charge in [-0.25, -0.2) is 17.9 Å². The molecule has 0 radical (unpaired) electrons. The van der Waals surface area contributed by atoms with Crippen molar-refractivity contribution in [3.63, 3.8) is 0 Å². The van der Waals surface area contributed by atoms with E-state index in [0.717, 1.165) is 10.9 Å². The Balaban J connectivity index is 1.59. The third kappa shape index (κ3) is 7.30. The molecule has 42 heavy (non-hydrogen) atoms. The zero-order valence-electron chi connectivity index (χ0n) is 23.4. The van der Waals surface area contributed by atoms with Gasteiger partial charge in [-0.3, -0.25) is 9.59 Å². The van der Waals surface area contributed by atoms with Crippen LogP contribution in [0.15, 0.2) is 108 Å². The standard InChI is InChI=1S/C33H32N2O6S/c1-3-35(28-14-6-5-7-15-28)32(37)30(16-10-11-24-17-19-26(20-18-24)33(38)41-4-2)31(36)34-42(39,40)29-22-21-25-12-8-9-13-27(25)23-29/h5-15,17-23,30H,3-4,16H2,1-2H3,(H,34,36). The molecular weight excluding hydrogens is 552 g/mol. The number of benzene rings is 4. The van der Waals surface area contributed by atoms with Crippen molar-refractivity contribution in [3.05, 3.63) is 114 Å². The van der Waals surface area contributed by atoms with Crippen molar-refractivity contribution in [1.29, 1.82) is 0 Å². The molecule has 0 aromatic heterocycles. The molecule has 216 valence electrons. The number of esters is 1. The molecule has 1 unspecified atom stereocenters. The smallest absolute Gasteiger partial charge is 0.338 e. The molecule has 0 aliphatic rings. The van der Waals surface area contributed by atoms with Gasteiger partial charge in [-0.05, 0) is 73.0 Å². The van der Waals surface area contributed by atoms with E-state index < -0.39 is 33.7 Å². The van der Waals surface area contributed by atoms with Gasteiger partial charge in [-0.15, -0.1) is 0 Å². The number of allylic oxidation sites excluding steroid dienone is 1. The average molecular weight is 585 g/mol. The van der Waals surface area contributed by atoms with Gasteiger partial charge in [-0.2, -0.15) is 0 Å². The van der Waals surface area contributed by atoms with Crippen LogP contribution in [0.2, 0.25) is 0 Å². The van der Waals surface area contributed by atoms with Crippen LogP contribution in [0.5, 0.6) is 0 Å². The van der Waals surface area contributed by atoms with Gasteiger partial charge in [0.15, 0.2) is 0 Å². The van der Waals surface area contributed by atoms with Crippen molar-refractivity contribution in [2.45, 2.75) is 25.2 Å². The first kappa shape index (κ1) is 30.2. The Morgan fingerprint density at radius 1 is 0.857 bits per heavy atom. The van der Waals surface area contributed by atoms with Crippen LogP contribution in [0.4, 0.5) is 5.69 Å².